The van der Waals surface area contributed by atoms with Crippen molar-refractivity contribution in [3.63, 3.8) is 0 Å². The zero-order valence-corrected chi connectivity index (χ0v) is 10.6. The molecule has 0 fully saturated rings. The first-order valence-electron chi connectivity index (χ1n) is 5.51. The summed E-state index contributed by atoms with van der Waals surface area (Å²) in [6.45, 7) is 4.15. The van der Waals surface area contributed by atoms with Gasteiger partial charge in [0, 0.05) is 0 Å². The molecule has 0 aromatic heterocycles. The standard InChI is InChI=1S/C10H17BFO3P/c1-3-14-16(13,15-4-2)7-8-5-9(11)10(12)6-8/h6,8-9H,3-5,7H2,1-2H3. The van der Waals surface area contributed by atoms with E-state index in [1.165, 1.54) is 6.08 Å². The molecule has 6 heteroatoms. The number of hydrogen-bond acceptors (Lipinski definition) is 3. The molecular formula is C10H17BFO3P. The maximum atomic E-state index is 13.1. The van der Waals surface area contributed by atoms with Crippen molar-refractivity contribution in [2.45, 2.75) is 26.1 Å². The highest BCUT2D eigenvalue weighted by Gasteiger charge is 2.32. The van der Waals surface area contributed by atoms with E-state index in [2.05, 4.69) is 0 Å². The van der Waals surface area contributed by atoms with Crippen molar-refractivity contribution in [1.82, 2.24) is 0 Å². The Morgan fingerprint density at radius 1 is 1.50 bits per heavy atom. The lowest BCUT2D eigenvalue weighted by atomic mass is 9.85. The molecule has 0 bridgehead atoms. The fourth-order valence-electron chi connectivity index (χ4n) is 1.81. The Morgan fingerprint density at radius 3 is 2.44 bits per heavy atom. The van der Waals surface area contributed by atoms with Gasteiger partial charge in [0.05, 0.1) is 33.0 Å². The lowest BCUT2D eigenvalue weighted by Gasteiger charge is -2.19. The van der Waals surface area contributed by atoms with E-state index in [9.17, 15) is 8.96 Å². The van der Waals surface area contributed by atoms with Crippen molar-refractivity contribution >= 4 is 15.4 Å². The predicted octanol–water partition coefficient (Wildman–Crippen LogP) is 3.08. The average molecular weight is 246 g/mol. The van der Waals surface area contributed by atoms with Gasteiger partial charge >= 0.3 is 7.60 Å². The van der Waals surface area contributed by atoms with E-state index in [-0.39, 0.29) is 17.9 Å². The molecule has 0 N–H and O–H groups in total. The summed E-state index contributed by atoms with van der Waals surface area (Å²) in [6.07, 6.45) is 2.10. The summed E-state index contributed by atoms with van der Waals surface area (Å²) in [5.41, 5.74) is 0. The monoisotopic (exact) mass is 246 g/mol. The first kappa shape index (κ1) is 13.9. The summed E-state index contributed by atoms with van der Waals surface area (Å²) in [5, 5.41) is 0. The van der Waals surface area contributed by atoms with E-state index in [4.69, 9.17) is 16.9 Å². The van der Waals surface area contributed by atoms with Gasteiger partial charge in [-0.1, -0.05) is 0 Å². The Hall–Kier alpha value is -0.115. The van der Waals surface area contributed by atoms with E-state index in [0.29, 0.717) is 19.6 Å². The third kappa shape index (κ3) is 3.72. The van der Waals surface area contributed by atoms with Gasteiger partial charge in [-0.25, -0.2) is 4.39 Å². The Balaban J connectivity index is 2.60. The number of rotatable bonds is 6. The van der Waals surface area contributed by atoms with Crippen molar-refractivity contribution in [3.05, 3.63) is 11.9 Å². The summed E-state index contributed by atoms with van der Waals surface area (Å²) >= 11 is 0. The number of halogens is 1. The Kier molecular flexibility index (Phi) is 5.22. The predicted molar refractivity (Wildman–Crippen MR) is 62.5 cm³/mol. The molecule has 0 amide bonds. The maximum Gasteiger partial charge on any atom is 0.331 e. The highest BCUT2D eigenvalue weighted by Crippen LogP contribution is 2.52. The van der Waals surface area contributed by atoms with Gasteiger partial charge in [-0.15, -0.1) is 0 Å². The quantitative estimate of drug-likeness (QED) is 0.533. The molecule has 1 aliphatic rings. The first-order valence-corrected chi connectivity index (χ1v) is 7.24. The van der Waals surface area contributed by atoms with Crippen LogP contribution in [0.15, 0.2) is 11.9 Å². The van der Waals surface area contributed by atoms with Crippen molar-refractivity contribution in [1.29, 1.82) is 0 Å². The van der Waals surface area contributed by atoms with Crippen LogP contribution < -0.4 is 0 Å². The second-order valence-electron chi connectivity index (χ2n) is 3.78. The fourth-order valence-corrected chi connectivity index (χ4v) is 3.71. The molecular weight excluding hydrogens is 229 g/mol. The van der Waals surface area contributed by atoms with Crippen LogP contribution in [-0.2, 0) is 13.6 Å². The largest absolute Gasteiger partial charge is 0.331 e. The van der Waals surface area contributed by atoms with Crippen LogP contribution in [0.5, 0.6) is 0 Å². The van der Waals surface area contributed by atoms with Crippen molar-refractivity contribution < 1.29 is 18.0 Å². The minimum absolute atomic E-state index is 0.154. The molecule has 90 valence electrons. The van der Waals surface area contributed by atoms with E-state index >= 15 is 0 Å². The third-order valence-electron chi connectivity index (χ3n) is 2.42. The SMILES string of the molecule is [B]C1CC(CP(=O)(OCC)OCC)C=C1F. The molecule has 16 heavy (non-hydrogen) atoms. The van der Waals surface area contributed by atoms with Crippen LogP contribution in [0.3, 0.4) is 0 Å². The van der Waals surface area contributed by atoms with Gasteiger partial charge in [0.25, 0.3) is 0 Å². The maximum absolute atomic E-state index is 13.1. The van der Waals surface area contributed by atoms with E-state index in [1.54, 1.807) is 13.8 Å². The molecule has 2 radical (unpaired) electrons. The highest BCUT2D eigenvalue weighted by molar-refractivity contribution is 7.53. The topological polar surface area (TPSA) is 35.5 Å². The van der Waals surface area contributed by atoms with Crippen molar-refractivity contribution in [2.24, 2.45) is 5.92 Å². The normalized spacial score (nSPS) is 25.8. The van der Waals surface area contributed by atoms with Crippen molar-refractivity contribution in [2.75, 3.05) is 19.4 Å². The minimum atomic E-state index is -3.09. The molecule has 0 aromatic rings. The number of hydrogen-bond donors (Lipinski definition) is 0. The molecule has 1 aliphatic carbocycles. The molecule has 0 aromatic carbocycles. The molecule has 3 nitrogen and oxygen atoms in total. The van der Waals surface area contributed by atoms with Crippen LogP contribution in [0.2, 0.25) is 5.82 Å². The number of allylic oxidation sites excluding steroid dienone is 2. The fraction of sp³-hybridized carbons (Fsp3) is 0.800. The van der Waals surface area contributed by atoms with E-state index < -0.39 is 13.4 Å². The van der Waals surface area contributed by atoms with E-state index in [1.807, 2.05) is 0 Å². The average Bonchev–Trinajstić information content (AvgIpc) is 2.45. The summed E-state index contributed by atoms with van der Waals surface area (Å²) in [4.78, 5) is 0. The molecule has 2 atom stereocenters. The summed E-state index contributed by atoms with van der Waals surface area (Å²) in [5.74, 6) is -1.05. The third-order valence-corrected chi connectivity index (χ3v) is 4.63. The van der Waals surface area contributed by atoms with Crippen LogP contribution in [0.25, 0.3) is 0 Å². The molecule has 0 spiro atoms. The summed E-state index contributed by atoms with van der Waals surface area (Å²) < 4.78 is 35.5. The Morgan fingerprint density at radius 2 is 2.06 bits per heavy atom. The van der Waals surface area contributed by atoms with Gasteiger partial charge in [-0.2, -0.15) is 0 Å². The molecule has 0 saturated carbocycles. The molecule has 1 rings (SSSR count). The molecule has 0 heterocycles. The highest BCUT2D eigenvalue weighted by atomic mass is 31.2. The van der Waals surface area contributed by atoms with Crippen LogP contribution in [0.4, 0.5) is 4.39 Å². The molecule has 2 unspecified atom stereocenters. The minimum Gasteiger partial charge on any atom is -0.309 e. The zero-order chi connectivity index (χ0) is 12.2. The summed E-state index contributed by atoms with van der Waals surface area (Å²) in [7, 11) is 2.43. The van der Waals surface area contributed by atoms with Crippen LogP contribution in [0.1, 0.15) is 20.3 Å². The van der Waals surface area contributed by atoms with Gasteiger partial charge < -0.3 is 9.05 Å². The smallest absolute Gasteiger partial charge is 0.309 e. The summed E-state index contributed by atoms with van der Waals surface area (Å²) in [6, 6.07) is 0. The van der Waals surface area contributed by atoms with Crippen molar-refractivity contribution in [3.8, 4) is 0 Å². The van der Waals surface area contributed by atoms with Crippen LogP contribution in [0, 0.1) is 5.92 Å². The van der Waals surface area contributed by atoms with Crippen LogP contribution >= 0.6 is 7.60 Å². The first-order chi connectivity index (χ1) is 7.50. The second-order valence-corrected chi connectivity index (χ2v) is 5.89. The molecule has 0 saturated heterocycles. The molecule has 0 aliphatic heterocycles. The lowest BCUT2D eigenvalue weighted by Crippen LogP contribution is -2.07. The van der Waals surface area contributed by atoms with Crippen LogP contribution in [-0.4, -0.2) is 27.2 Å². The van der Waals surface area contributed by atoms with Gasteiger partial charge in [-0.05, 0) is 38.1 Å². The van der Waals surface area contributed by atoms with E-state index in [0.717, 1.165) is 0 Å². The lowest BCUT2D eigenvalue weighted by molar-refractivity contribution is 0.217. The zero-order valence-electron chi connectivity index (χ0n) is 9.69. The van der Waals surface area contributed by atoms with Gasteiger partial charge in [0.2, 0.25) is 0 Å². The second kappa shape index (κ2) is 5.99. The Labute approximate surface area is 97.3 Å². The van der Waals surface area contributed by atoms with Gasteiger partial charge in [0.1, 0.15) is 0 Å². The van der Waals surface area contributed by atoms with Gasteiger partial charge in [-0.3, -0.25) is 4.57 Å². The Bertz CT molecular complexity index is 298. The van der Waals surface area contributed by atoms with Gasteiger partial charge in [0.15, 0.2) is 0 Å².